The molecule has 0 amide bonds. The largest absolute Gasteiger partial charge is 0.392 e. The molecular formula is C16H27NO. The van der Waals surface area contributed by atoms with Crippen LogP contribution in [0.3, 0.4) is 0 Å². The molecule has 0 saturated carbocycles. The predicted octanol–water partition coefficient (Wildman–Crippen LogP) is 2.92. The van der Waals surface area contributed by atoms with Gasteiger partial charge in [-0.15, -0.1) is 0 Å². The minimum atomic E-state index is -0.244. The first-order valence-corrected chi connectivity index (χ1v) is 6.96. The first-order valence-electron chi connectivity index (χ1n) is 6.96. The molecule has 1 aromatic carbocycles. The fraction of sp³-hybridized carbons (Fsp3) is 0.625. The van der Waals surface area contributed by atoms with Crippen molar-refractivity contribution in [3.8, 4) is 0 Å². The Hall–Kier alpha value is -0.860. The lowest BCUT2D eigenvalue weighted by Crippen LogP contribution is -2.36. The van der Waals surface area contributed by atoms with Crippen LogP contribution >= 0.6 is 0 Å². The van der Waals surface area contributed by atoms with Crippen LogP contribution in [0.5, 0.6) is 0 Å². The maximum absolute atomic E-state index is 9.73. The Morgan fingerprint density at radius 2 is 1.94 bits per heavy atom. The summed E-state index contributed by atoms with van der Waals surface area (Å²) in [6.45, 7) is 9.09. The van der Waals surface area contributed by atoms with E-state index in [-0.39, 0.29) is 6.10 Å². The van der Waals surface area contributed by atoms with E-state index in [9.17, 15) is 5.11 Å². The Morgan fingerprint density at radius 3 is 2.56 bits per heavy atom. The molecule has 0 spiro atoms. The van der Waals surface area contributed by atoms with E-state index in [0.29, 0.717) is 18.5 Å². The Labute approximate surface area is 111 Å². The lowest BCUT2D eigenvalue weighted by molar-refractivity contribution is 0.120. The molecule has 1 rings (SSSR count). The van der Waals surface area contributed by atoms with E-state index >= 15 is 0 Å². The third-order valence-corrected chi connectivity index (χ3v) is 3.39. The Balaban J connectivity index is 2.27. The predicted molar refractivity (Wildman–Crippen MR) is 77.8 cm³/mol. The zero-order valence-electron chi connectivity index (χ0n) is 12.1. The molecule has 2 nitrogen and oxygen atoms in total. The molecule has 0 heterocycles. The van der Waals surface area contributed by atoms with Crippen molar-refractivity contribution in [1.29, 1.82) is 0 Å². The molecule has 0 aliphatic carbocycles. The highest BCUT2D eigenvalue weighted by Gasteiger charge is 2.10. The molecule has 0 aliphatic rings. The van der Waals surface area contributed by atoms with E-state index in [4.69, 9.17) is 0 Å². The molecular weight excluding hydrogens is 222 g/mol. The van der Waals surface area contributed by atoms with Crippen LogP contribution in [-0.4, -0.2) is 23.8 Å². The van der Waals surface area contributed by atoms with Crippen molar-refractivity contribution in [1.82, 2.24) is 5.32 Å². The summed E-state index contributed by atoms with van der Waals surface area (Å²) in [5.41, 5.74) is 2.72. The topological polar surface area (TPSA) is 32.3 Å². The normalized spacial score (nSPS) is 14.8. The van der Waals surface area contributed by atoms with Gasteiger partial charge in [-0.05, 0) is 38.2 Å². The van der Waals surface area contributed by atoms with E-state index in [1.165, 1.54) is 11.1 Å². The highest BCUT2D eigenvalue weighted by Crippen LogP contribution is 2.08. The summed E-state index contributed by atoms with van der Waals surface area (Å²) >= 11 is 0. The minimum Gasteiger partial charge on any atom is -0.392 e. The molecule has 2 heteroatoms. The summed E-state index contributed by atoms with van der Waals surface area (Å²) in [7, 11) is 0. The summed E-state index contributed by atoms with van der Waals surface area (Å²) in [5.74, 6) is 0.321. The molecule has 0 radical (unpaired) electrons. The summed E-state index contributed by atoms with van der Waals surface area (Å²) in [5, 5.41) is 13.1. The molecule has 0 fully saturated rings. The fourth-order valence-electron chi connectivity index (χ4n) is 1.91. The second kappa shape index (κ2) is 7.55. The van der Waals surface area contributed by atoms with Crippen molar-refractivity contribution in [2.24, 2.45) is 5.92 Å². The molecule has 2 atom stereocenters. The van der Waals surface area contributed by atoms with Crippen LogP contribution in [0.15, 0.2) is 24.3 Å². The van der Waals surface area contributed by atoms with Gasteiger partial charge in [0.1, 0.15) is 0 Å². The van der Waals surface area contributed by atoms with Gasteiger partial charge in [0.25, 0.3) is 0 Å². The van der Waals surface area contributed by atoms with Gasteiger partial charge in [-0.1, -0.05) is 43.7 Å². The maximum atomic E-state index is 9.73. The first kappa shape index (κ1) is 15.2. The van der Waals surface area contributed by atoms with Gasteiger partial charge in [0.15, 0.2) is 0 Å². The summed E-state index contributed by atoms with van der Waals surface area (Å²) in [6, 6.07) is 9.12. The van der Waals surface area contributed by atoms with Gasteiger partial charge in [0.2, 0.25) is 0 Å². The number of aliphatic hydroxyl groups is 1. The van der Waals surface area contributed by atoms with E-state index in [1.807, 2.05) is 13.8 Å². The Bertz CT molecular complexity index is 349. The number of hydrogen-bond donors (Lipinski definition) is 2. The summed E-state index contributed by atoms with van der Waals surface area (Å²) in [6.07, 6.45) is 1.95. The standard InChI is InChI=1S/C16H27NO/c1-12(2)16(18)11-17-14(4)8-9-15-7-5-6-13(3)10-15/h5-7,10,12,14,16-18H,8-9,11H2,1-4H3. The van der Waals surface area contributed by atoms with E-state index in [0.717, 1.165) is 12.8 Å². The number of benzene rings is 1. The highest BCUT2D eigenvalue weighted by molar-refractivity contribution is 5.22. The SMILES string of the molecule is Cc1cccc(CCC(C)NCC(O)C(C)C)c1. The van der Waals surface area contributed by atoms with Gasteiger partial charge >= 0.3 is 0 Å². The smallest absolute Gasteiger partial charge is 0.0687 e. The number of aliphatic hydroxyl groups excluding tert-OH is 1. The Morgan fingerprint density at radius 1 is 1.22 bits per heavy atom. The minimum absolute atomic E-state index is 0.244. The van der Waals surface area contributed by atoms with Crippen molar-refractivity contribution >= 4 is 0 Å². The van der Waals surface area contributed by atoms with E-state index in [1.54, 1.807) is 0 Å². The lowest BCUT2D eigenvalue weighted by Gasteiger charge is -2.19. The van der Waals surface area contributed by atoms with E-state index in [2.05, 4.69) is 43.4 Å². The monoisotopic (exact) mass is 249 g/mol. The number of hydrogen-bond acceptors (Lipinski definition) is 2. The maximum Gasteiger partial charge on any atom is 0.0687 e. The fourth-order valence-corrected chi connectivity index (χ4v) is 1.91. The highest BCUT2D eigenvalue weighted by atomic mass is 16.3. The number of nitrogens with one attached hydrogen (secondary N) is 1. The van der Waals surface area contributed by atoms with Crippen molar-refractivity contribution in [2.45, 2.75) is 52.7 Å². The van der Waals surface area contributed by atoms with Crippen LogP contribution in [0, 0.1) is 12.8 Å². The van der Waals surface area contributed by atoms with Crippen LogP contribution in [0.2, 0.25) is 0 Å². The molecule has 2 N–H and O–H groups in total. The van der Waals surface area contributed by atoms with Crippen LogP contribution in [0.1, 0.15) is 38.3 Å². The van der Waals surface area contributed by atoms with Gasteiger partial charge in [0, 0.05) is 12.6 Å². The van der Waals surface area contributed by atoms with Crippen molar-refractivity contribution in [2.75, 3.05) is 6.54 Å². The lowest BCUT2D eigenvalue weighted by atomic mass is 10.0. The average Bonchev–Trinajstić information content (AvgIpc) is 2.33. The van der Waals surface area contributed by atoms with Gasteiger partial charge in [-0.3, -0.25) is 0 Å². The Kier molecular flexibility index (Phi) is 6.37. The summed E-state index contributed by atoms with van der Waals surface area (Å²) < 4.78 is 0. The van der Waals surface area contributed by atoms with Gasteiger partial charge in [-0.25, -0.2) is 0 Å². The molecule has 18 heavy (non-hydrogen) atoms. The zero-order chi connectivity index (χ0) is 13.5. The molecule has 0 aliphatic heterocycles. The number of rotatable bonds is 7. The third kappa shape index (κ3) is 5.65. The van der Waals surface area contributed by atoms with Gasteiger partial charge in [-0.2, -0.15) is 0 Å². The zero-order valence-corrected chi connectivity index (χ0v) is 12.1. The second-order valence-corrected chi connectivity index (χ2v) is 5.65. The number of aryl methyl sites for hydroxylation is 2. The van der Waals surface area contributed by atoms with Crippen LogP contribution < -0.4 is 5.32 Å². The first-order chi connectivity index (χ1) is 8.49. The van der Waals surface area contributed by atoms with Crippen molar-refractivity contribution in [3.05, 3.63) is 35.4 Å². The average molecular weight is 249 g/mol. The quantitative estimate of drug-likeness (QED) is 0.779. The van der Waals surface area contributed by atoms with Crippen molar-refractivity contribution in [3.63, 3.8) is 0 Å². The van der Waals surface area contributed by atoms with Crippen molar-refractivity contribution < 1.29 is 5.11 Å². The molecule has 0 saturated heterocycles. The molecule has 102 valence electrons. The van der Waals surface area contributed by atoms with Crippen LogP contribution in [-0.2, 0) is 6.42 Å². The third-order valence-electron chi connectivity index (χ3n) is 3.39. The van der Waals surface area contributed by atoms with Gasteiger partial charge < -0.3 is 10.4 Å². The van der Waals surface area contributed by atoms with E-state index < -0.39 is 0 Å². The molecule has 1 aromatic rings. The molecule has 0 bridgehead atoms. The summed E-state index contributed by atoms with van der Waals surface area (Å²) in [4.78, 5) is 0. The van der Waals surface area contributed by atoms with Gasteiger partial charge in [0.05, 0.1) is 6.10 Å². The van der Waals surface area contributed by atoms with Crippen LogP contribution in [0.25, 0.3) is 0 Å². The second-order valence-electron chi connectivity index (χ2n) is 5.65. The molecule has 0 aromatic heterocycles. The van der Waals surface area contributed by atoms with Crippen LogP contribution in [0.4, 0.5) is 0 Å². The molecule has 2 unspecified atom stereocenters.